The average Bonchev–Trinajstić information content (AvgIpc) is 2.51. The number of nitrogens with zero attached hydrogens (tertiary/aromatic N) is 1. The Morgan fingerprint density at radius 2 is 1.76 bits per heavy atom. The van der Waals surface area contributed by atoms with Gasteiger partial charge < -0.3 is 10.1 Å². The number of hydrogen-bond donors (Lipinski definition) is 1. The molecule has 1 N–H and O–H groups in total. The van der Waals surface area contributed by atoms with Gasteiger partial charge in [0, 0.05) is 18.1 Å². The van der Waals surface area contributed by atoms with Crippen molar-refractivity contribution in [1.82, 2.24) is 10.2 Å². The van der Waals surface area contributed by atoms with Crippen molar-refractivity contribution in [2.24, 2.45) is 0 Å². The van der Waals surface area contributed by atoms with Gasteiger partial charge in [0.15, 0.2) is 0 Å². The van der Waals surface area contributed by atoms with E-state index in [-0.39, 0.29) is 0 Å². The van der Waals surface area contributed by atoms with Crippen LogP contribution in [-0.2, 0) is 0 Å². The number of likely N-dealkylation sites (N-methyl/N-ethyl adjacent to an activating group) is 2. The summed E-state index contributed by atoms with van der Waals surface area (Å²) in [6.07, 6.45) is 2.47. The van der Waals surface area contributed by atoms with Gasteiger partial charge in [-0.2, -0.15) is 0 Å². The van der Waals surface area contributed by atoms with E-state index in [1.54, 1.807) is 7.11 Å². The molecule has 0 bridgehead atoms. The summed E-state index contributed by atoms with van der Waals surface area (Å²) in [4.78, 5) is 2.49. The number of hydrogen-bond acceptors (Lipinski definition) is 3. The summed E-state index contributed by atoms with van der Waals surface area (Å²) in [5.41, 5.74) is 1.32. The lowest BCUT2D eigenvalue weighted by Crippen LogP contribution is -2.44. The van der Waals surface area contributed by atoms with Crippen LogP contribution in [0.5, 0.6) is 5.75 Å². The van der Waals surface area contributed by atoms with E-state index in [4.69, 9.17) is 4.74 Å². The molecule has 1 aromatic carbocycles. The highest BCUT2D eigenvalue weighted by Crippen LogP contribution is 2.24. The number of nitrogens with one attached hydrogen (secondary N) is 1. The first kappa shape index (κ1) is 18.0. The van der Waals surface area contributed by atoms with Crippen LogP contribution >= 0.6 is 0 Å². The topological polar surface area (TPSA) is 24.5 Å². The molecule has 0 aliphatic heterocycles. The Morgan fingerprint density at radius 1 is 1.14 bits per heavy atom. The fourth-order valence-corrected chi connectivity index (χ4v) is 2.86. The van der Waals surface area contributed by atoms with Crippen LogP contribution < -0.4 is 10.1 Å². The van der Waals surface area contributed by atoms with Crippen LogP contribution in [0, 0.1) is 0 Å². The van der Waals surface area contributed by atoms with Crippen molar-refractivity contribution in [3.8, 4) is 5.75 Å². The van der Waals surface area contributed by atoms with E-state index in [0.29, 0.717) is 18.1 Å². The SMILES string of the molecule is CCCC(C)N(C)C(C)C(NCC)c1ccc(OC)cc1. The summed E-state index contributed by atoms with van der Waals surface area (Å²) < 4.78 is 5.26. The number of benzene rings is 1. The average molecular weight is 292 g/mol. The van der Waals surface area contributed by atoms with Crippen molar-refractivity contribution in [2.45, 2.75) is 58.7 Å². The molecule has 0 spiro atoms. The summed E-state index contributed by atoms with van der Waals surface area (Å²) >= 11 is 0. The minimum absolute atomic E-state index is 0.338. The van der Waals surface area contributed by atoms with Crippen LogP contribution in [0.1, 0.15) is 52.1 Å². The first-order valence-electron chi connectivity index (χ1n) is 8.14. The summed E-state index contributed by atoms with van der Waals surface area (Å²) in [6, 6.07) is 9.81. The second kappa shape index (κ2) is 9.06. The zero-order valence-corrected chi connectivity index (χ0v) is 14.5. The Kier molecular flexibility index (Phi) is 7.76. The standard InChI is InChI=1S/C18H32N2O/c1-7-9-14(3)20(5)15(4)18(19-8-2)16-10-12-17(21-6)13-11-16/h10-15,18-19H,7-9H2,1-6H3. The van der Waals surface area contributed by atoms with Gasteiger partial charge in [-0.15, -0.1) is 0 Å². The molecule has 0 saturated carbocycles. The molecule has 3 unspecified atom stereocenters. The van der Waals surface area contributed by atoms with Crippen LogP contribution in [0.3, 0.4) is 0 Å². The van der Waals surface area contributed by atoms with Gasteiger partial charge in [-0.1, -0.05) is 32.4 Å². The summed E-state index contributed by atoms with van der Waals surface area (Å²) in [5.74, 6) is 0.911. The van der Waals surface area contributed by atoms with E-state index >= 15 is 0 Å². The highest BCUT2D eigenvalue weighted by atomic mass is 16.5. The first-order valence-corrected chi connectivity index (χ1v) is 8.14. The van der Waals surface area contributed by atoms with Gasteiger partial charge in [-0.3, -0.25) is 4.90 Å². The fourth-order valence-electron chi connectivity index (χ4n) is 2.86. The Bertz CT molecular complexity index is 391. The number of methoxy groups -OCH3 is 1. The molecule has 0 heterocycles. The predicted octanol–water partition coefficient (Wildman–Crippen LogP) is 3.85. The Morgan fingerprint density at radius 3 is 2.24 bits per heavy atom. The van der Waals surface area contributed by atoms with Crippen LogP contribution in [0.2, 0.25) is 0 Å². The first-order chi connectivity index (χ1) is 10.0. The van der Waals surface area contributed by atoms with Gasteiger partial charge in [0.05, 0.1) is 7.11 Å². The van der Waals surface area contributed by atoms with Gasteiger partial charge in [0.1, 0.15) is 5.75 Å². The highest BCUT2D eigenvalue weighted by molar-refractivity contribution is 5.29. The Labute approximate surface area is 130 Å². The van der Waals surface area contributed by atoms with Crippen molar-refractivity contribution in [2.75, 3.05) is 20.7 Å². The largest absolute Gasteiger partial charge is 0.497 e. The number of ether oxygens (including phenoxy) is 1. The molecule has 0 saturated heterocycles. The van der Waals surface area contributed by atoms with Crippen molar-refractivity contribution in [1.29, 1.82) is 0 Å². The van der Waals surface area contributed by atoms with E-state index in [2.05, 4.69) is 57.1 Å². The van der Waals surface area contributed by atoms with Crippen LogP contribution in [0.25, 0.3) is 0 Å². The third kappa shape index (κ3) is 5.01. The van der Waals surface area contributed by atoms with Crippen LogP contribution in [0.4, 0.5) is 0 Å². The normalized spacial score (nSPS) is 15.8. The minimum Gasteiger partial charge on any atom is -0.497 e. The molecule has 0 amide bonds. The van der Waals surface area contributed by atoms with Gasteiger partial charge >= 0.3 is 0 Å². The third-order valence-corrected chi connectivity index (χ3v) is 4.43. The lowest BCUT2D eigenvalue weighted by molar-refractivity contribution is 0.152. The second-order valence-corrected chi connectivity index (χ2v) is 5.85. The fraction of sp³-hybridized carbons (Fsp3) is 0.667. The summed E-state index contributed by atoms with van der Waals surface area (Å²) in [5, 5.41) is 3.63. The third-order valence-electron chi connectivity index (χ3n) is 4.43. The zero-order chi connectivity index (χ0) is 15.8. The predicted molar refractivity (Wildman–Crippen MR) is 91.0 cm³/mol. The molecule has 0 aliphatic rings. The maximum absolute atomic E-state index is 5.26. The van der Waals surface area contributed by atoms with Gasteiger partial charge in [-0.25, -0.2) is 0 Å². The maximum atomic E-state index is 5.26. The lowest BCUT2D eigenvalue weighted by Gasteiger charge is -2.36. The highest BCUT2D eigenvalue weighted by Gasteiger charge is 2.24. The second-order valence-electron chi connectivity index (χ2n) is 5.85. The van der Waals surface area contributed by atoms with Crippen LogP contribution in [-0.4, -0.2) is 37.7 Å². The van der Waals surface area contributed by atoms with E-state index in [1.807, 2.05) is 12.1 Å². The molecule has 3 nitrogen and oxygen atoms in total. The van der Waals surface area contributed by atoms with E-state index < -0.39 is 0 Å². The molecule has 120 valence electrons. The van der Waals surface area contributed by atoms with Gasteiger partial charge in [0.2, 0.25) is 0 Å². The molecule has 0 aliphatic carbocycles. The summed E-state index contributed by atoms with van der Waals surface area (Å²) in [7, 11) is 3.94. The van der Waals surface area contributed by atoms with E-state index in [1.165, 1.54) is 18.4 Å². The smallest absolute Gasteiger partial charge is 0.118 e. The minimum atomic E-state index is 0.338. The van der Waals surface area contributed by atoms with Gasteiger partial charge in [0.25, 0.3) is 0 Å². The Hall–Kier alpha value is -1.06. The monoisotopic (exact) mass is 292 g/mol. The van der Waals surface area contributed by atoms with E-state index in [9.17, 15) is 0 Å². The molecular formula is C18H32N2O. The summed E-state index contributed by atoms with van der Waals surface area (Å²) in [6.45, 7) is 10.0. The van der Waals surface area contributed by atoms with Crippen molar-refractivity contribution in [3.05, 3.63) is 29.8 Å². The molecule has 3 atom stereocenters. The molecule has 3 heteroatoms. The van der Waals surface area contributed by atoms with Gasteiger partial charge in [-0.05, 0) is 51.6 Å². The molecule has 1 rings (SSSR count). The van der Waals surface area contributed by atoms with Crippen molar-refractivity contribution in [3.63, 3.8) is 0 Å². The molecule has 0 fully saturated rings. The molecule has 0 aromatic heterocycles. The Balaban J connectivity index is 2.88. The van der Waals surface area contributed by atoms with Crippen molar-refractivity contribution < 1.29 is 4.74 Å². The number of rotatable bonds is 9. The zero-order valence-electron chi connectivity index (χ0n) is 14.5. The lowest BCUT2D eigenvalue weighted by atomic mass is 9.97. The molecule has 0 radical (unpaired) electrons. The van der Waals surface area contributed by atoms with E-state index in [0.717, 1.165) is 12.3 Å². The molecule has 21 heavy (non-hydrogen) atoms. The van der Waals surface area contributed by atoms with Crippen LogP contribution in [0.15, 0.2) is 24.3 Å². The van der Waals surface area contributed by atoms with Crippen molar-refractivity contribution >= 4 is 0 Å². The molecular weight excluding hydrogens is 260 g/mol. The maximum Gasteiger partial charge on any atom is 0.118 e. The molecule has 1 aromatic rings. The quantitative estimate of drug-likeness (QED) is 0.748.